The van der Waals surface area contributed by atoms with E-state index in [9.17, 15) is 29.6 Å². The minimum absolute atomic E-state index is 0.0587. The number of nitro benzene ring substituents is 1. The average Bonchev–Trinajstić information content (AvgIpc) is 2.65. The fraction of sp³-hybridized carbons (Fsp3) is 0.105. The number of phenolic OH excluding ortho intramolecular Hbond substituents is 1. The molecule has 0 spiro atoms. The lowest BCUT2D eigenvalue weighted by Crippen LogP contribution is -2.54. The van der Waals surface area contributed by atoms with Crippen molar-refractivity contribution in [1.29, 1.82) is 0 Å². The molecule has 2 aromatic carbocycles. The number of nitro groups is 1. The molecule has 148 valence electrons. The molecule has 3 rings (SSSR count). The summed E-state index contributed by atoms with van der Waals surface area (Å²) in [6.07, 6.45) is 1.09. The van der Waals surface area contributed by atoms with Crippen molar-refractivity contribution >= 4 is 35.3 Å². The zero-order valence-electron chi connectivity index (χ0n) is 15.3. The van der Waals surface area contributed by atoms with E-state index in [1.807, 2.05) is 0 Å². The third-order valence-corrected chi connectivity index (χ3v) is 4.17. The number of nitrogens with zero attached hydrogens (tertiary/aromatic N) is 2. The summed E-state index contributed by atoms with van der Waals surface area (Å²) < 4.78 is 4.91. The van der Waals surface area contributed by atoms with Crippen molar-refractivity contribution in [3.05, 3.63) is 63.2 Å². The molecule has 1 saturated heterocycles. The third-order valence-electron chi connectivity index (χ3n) is 4.17. The Labute approximate surface area is 164 Å². The Balaban J connectivity index is 2.10. The zero-order valence-corrected chi connectivity index (χ0v) is 15.3. The first kappa shape index (κ1) is 19.5. The molecule has 0 bridgehead atoms. The normalized spacial score (nSPS) is 15.4. The van der Waals surface area contributed by atoms with Crippen LogP contribution >= 0.6 is 0 Å². The van der Waals surface area contributed by atoms with Crippen LogP contribution in [0.1, 0.15) is 11.1 Å². The van der Waals surface area contributed by atoms with Crippen LogP contribution in [0.25, 0.3) is 6.08 Å². The Kier molecular flexibility index (Phi) is 5.01. The van der Waals surface area contributed by atoms with E-state index < -0.39 is 39.8 Å². The maximum Gasteiger partial charge on any atom is 0.335 e. The van der Waals surface area contributed by atoms with Crippen molar-refractivity contribution in [2.24, 2.45) is 0 Å². The Bertz CT molecular complexity index is 1090. The van der Waals surface area contributed by atoms with Crippen LogP contribution in [0.15, 0.2) is 42.0 Å². The quantitative estimate of drug-likeness (QED) is 0.349. The summed E-state index contributed by atoms with van der Waals surface area (Å²) in [5, 5.41) is 23.1. The molecule has 0 aliphatic carbocycles. The Morgan fingerprint density at radius 3 is 2.55 bits per heavy atom. The number of methoxy groups -OCH3 is 1. The van der Waals surface area contributed by atoms with Crippen LogP contribution in [-0.2, 0) is 9.59 Å². The average molecular weight is 397 g/mol. The van der Waals surface area contributed by atoms with Crippen LogP contribution in [0.4, 0.5) is 16.2 Å². The molecule has 0 saturated carbocycles. The number of carbonyl (C=O) groups is 3. The number of benzene rings is 2. The molecule has 1 fully saturated rings. The van der Waals surface area contributed by atoms with Gasteiger partial charge in [0.25, 0.3) is 11.8 Å². The largest absolute Gasteiger partial charge is 0.500 e. The minimum Gasteiger partial charge on any atom is -0.500 e. The predicted octanol–water partition coefficient (Wildman–Crippen LogP) is 2.28. The van der Waals surface area contributed by atoms with Crippen LogP contribution < -0.4 is 15.0 Å². The Morgan fingerprint density at radius 1 is 1.21 bits per heavy atom. The smallest absolute Gasteiger partial charge is 0.335 e. The zero-order chi connectivity index (χ0) is 21.3. The van der Waals surface area contributed by atoms with Crippen molar-refractivity contribution in [3.8, 4) is 11.5 Å². The van der Waals surface area contributed by atoms with Crippen molar-refractivity contribution < 1.29 is 29.2 Å². The molecule has 10 nitrogen and oxygen atoms in total. The number of imide groups is 2. The lowest BCUT2D eigenvalue weighted by molar-refractivity contribution is -0.386. The van der Waals surface area contributed by atoms with E-state index in [-0.39, 0.29) is 17.0 Å². The van der Waals surface area contributed by atoms with Gasteiger partial charge in [0.15, 0.2) is 5.75 Å². The molecule has 29 heavy (non-hydrogen) atoms. The molecule has 0 radical (unpaired) electrons. The van der Waals surface area contributed by atoms with Gasteiger partial charge in [0.2, 0.25) is 5.75 Å². The maximum absolute atomic E-state index is 12.9. The fourth-order valence-electron chi connectivity index (χ4n) is 2.82. The summed E-state index contributed by atoms with van der Waals surface area (Å²) in [4.78, 5) is 48.4. The van der Waals surface area contributed by atoms with Crippen molar-refractivity contribution in [2.75, 3.05) is 12.0 Å². The van der Waals surface area contributed by atoms with Gasteiger partial charge in [0.05, 0.1) is 17.7 Å². The van der Waals surface area contributed by atoms with Gasteiger partial charge in [-0.3, -0.25) is 25.0 Å². The SMILES string of the molecule is COc1cc(/C=C2\C(=O)NC(=O)N(c3cccc(C)c3)C2=O)cc([N+](=O)[O-])c1O. The van der Waals surface area contributed by atoms with Gasteiger partial charge < -0.3 is 9.84 Å². The molecule has 10 heteroatoms. The molecule has 0 unspecified atom stereocenters. The monoisotopic (exact) mass is 397 g/mol. The van der Waals surface area contributed by atoms with Gasteiger partial charge in [0.1, 0.15) is 5.57 Å². The number of urea groups is 1. The van der Waals surface area contributed by atoms with E-state index in [0.29, 0.717) is 0 Å². The molecule has 1 aliphatic rings. The molecule has 0 atom stereocenters. The summed E-state index contributed by atoms with van der Waals surface area (Å²) in [7, 11) is 1.20. The summed E-state index contributed by atoms with van der Waals surface area (Å²) in [6, 6.07) is 7.86. The highest BCUT2D eigenvalue weighted by atomic mass is 16.6. The number of rotatable bonds is 4. The predicted molar refractivity (Wildman–Crippen MR) is 101 cm³/mol. The molecule has 4 amide bonds. The van der Waals surface area contributed by atoms with Crippen LogP contribution in [0.5, 0.6) is 11.5 Å². The number of hydrogen-bond acceptors (Lipinski definition) is 7. The van der Waals surface area contributed by atoms with Crippen LogP contribution in [0.3, 0.4) is 0 Å². The number of aryl methyl sites for hydroxylation is 1. The second-order valence-corrected chi connectivity index (χ2v) is 6.14. The maximum atomic E-state index is 12.9. The second-order valence-electron chi connectivity index (χ2n) is 6.14. The minimum atomic E-state index is -0.946. The Morgan fingerprint density at radius 2 is 1.93 bits per heavy atom. The molecule has 0 aromatic heterocycles. The number of carbonyl (C=O) groups excluding carboxylic acids is 3. The number of barbiturate groups is 1. The van der Waals surface area contributed by atoms with Crippen molar-refractivity contribution in [1.82, 2.24) is 5.32 Å². The van der Waals surface area contributed by atoms with Crippen LogP contribution in [0, 0.1) is 17.0 Å². The van der Waals surface area contributed by atoms with E-state index in [1.165, 1.54) is 19.2 Å². The van der Waals surface area contributed by atoms with Crippen LogP contribution in [-0.4, -0.2) is 35.0 Å². The van der Waals surface area contributed by atoms with Gasteiger partial charge in [-0.1, -0.05) is 12.1 Å². The lowest BCUT2D eigenvalue weighted by Gasteiger charge is -2.26. The molecular weight excluding hydrogens is 382 g/mol. The second kappa shape index (κ2) is 7.43. The van der Waals surface area contributed by atoms with Crippen LogP contribution in [0.2, 0.25) is 0 Å². The topological polar surface area (TPSA) is 139 Å². The van der Waals surface area contributed by atoms with E-state index in [4.69, 9.17) is 4.74 Å². The lowest BCUT2D eigenvalue weighted by atomic mass is 10.1. The number of ether oxygens (including phenoxy) is 1. The number of anilines is 1. The van der Waals surface area contributed by atoms with Gasteiger partial charge in [-0.05, 0) is 42.3 Å². The van der Waals surface area contributed by atoms with E-state index in [1.54, 1.807) is 25.1 Å². The number of phenols is 1. The standard InChI is InChI=1S/C19H15N3O7/c1-10-4-3-5-12(6-10)21-18(25)13(17(24)20-19(21)26)7-11-8-14(22(27)28)16(23)15(9-11)29-2/h3-9,23H,1-2H3,(H,20,24,26)/b13-7+. The number of nitrogens with one attached hydrogen (secondary N) is 1. The number of amides is 4. The highest BCUT2D eigenvalue weighted by Gasteiger charge is 2.37. The fourth-order valence-corrected chi connectivity index (χ4v) is 2.82. The Hall–Kier alpha value is -4.21. The van der Waals surface area contributed by atoms with Crippen molar-refractivity contribution in [3.63, 3.8) is 0 Å². The molecule has 1 heterocycles. The first-order valence-corrected chi connectivity index (χ1v) is 8.26. The first-order chi connectivity index (χ1) is 13.7. The highest BCUT2D eigenvalue weighted by molar-refractivity contribution is 6.39. The van der Waals surface area contributed by atoms with Gasteiger partial charge in [-0.25, -0.2) is 9.69 Å². The summed E-state index contributed by atoms with van der Waals surface area (Å²) in [6.45, 7) is 1.78. The molecular formula is C19H15N3O7. The van der Waals surface area contributed by atoms with Gasteiger partial charge >= 0.3 is 11.7 Å². The number of hydrogen-bond donors (Lipinski definition) is 2. The molecule has 2 aromatic rings. The van der Waals surface area contributed by atoms with Gasteiger partial charge in [0, 0.05) is 6.07 Å². The van der Waals surface area contributed by atoms with Gasteiger partial charge in [-0.2, -0.15) is 0 Å². The van der Waals surface area contributed by atoms with E-state index >= 15 is 0 Å². The molecule has 1 aliphatic heterocycles. The first-order valence-electron chi connectivity index (χ1n) is 8.26. The van der Waals surface area contributed by atoms with Crippen molar-refractivity contribution in [2.45, 2.75) is 6.92 Å². The molecule has 2 N–H and O–H groups in total. The summed E-state index contributed by atoms with van der Waals surface area (Å²) >= 11 is 0. The van der Waals surface area contributed by atoms with E-state index in [2.05, 4.69) is 5.32 Å². The van der Waals surface area contributed by atoms with E-state index in [0.717, 1.165) is 22.6 Å². The summed E-state index contributed by atoms with van der Waals surface area (Å²) in [5.74, 6) is -2.73. The summed E-state index contributed by atoms with van der Waals surface area (Å²) in [5.41, 5.74) is 0.0487. The highest BCUT2D eigenvalue weighted by Crippen LogP contribution is 2.37. The number of aromatic hydroxyl groups is 1. The third kappa shape index (κ3) is 3.63. The van der Waals surface area contributed by atoms with Gasteiger partial charge in [-0.15, -0.1) is 0 Å².